The number of benzene rings is 1. The van der Waals surface area contributed by atoms with Crippen molar-refractivity contribution in [1.82, 2.24) is 0 Å². The molecule has 1 rings (SSSR count). The van der Waals surface area contributed by atoms with E-state index in [2.05, 4.69) is 103 Å². The van der Waals surface area contributed by atoms with E-state index < -0.39 is 6.84 Å². The molecule has 0 saturated heterocycles. The maximum atomic E-state index is 6.11. The molecule has 0 aliphatic rings. The second kappa shape index (κ2) is 9.58. The van der Waals surface area contributed by atoms with Gasteiger partial charge in [-0.1, -0.05) is 27.2 Å². The van der Waals surface area contributed by atoms with E-state index in [1.54, 1.807) is 0 Å². The number of hydrogen-bond donors (Lipinski definition) is 0. The van der Waals surface area contributed by atoms with Crippen molar-refractivity contribution in [2.24, 2.45) is 0 Å². The first kappa shape index (κ1) is 22.7. The van der Waals surface area contributed by atoms with E-state index in [-0.39, 0.29) is 0 Å². The van der Waals surface area contributed by atoms with Gasteiger partial charge < -0.3 is 9.47 Å². The van der Waals surface area contributed by atoms with Crippen LogP contribution >= 0.6 is 95.6 Å². The second-order valence-corrected chi connectivity index (χ2v) is 13.8. The molecule has 0 aromatic heterocycles. The monoisotopic (exact) mass is 704 g/mol. The first-order valence-electron chi connectivity index (χ1n) is 7.21. The molecule has 1 aromatic rings. The molecule has 1 aromatic carbocycles. The van der Waals surface area contributed by atoms with Gasteiger partial charge in [-0.15, -0.1) is 0 Å². The summed E-state index contributed by atoms with van der Waals surface area (Å²) in [6.45, 7) is 6.19. The van der Waals surface area contributed by atoms with Crippen LogP contribution in [0.15, 0.2) is 15.0 Å². The molecule has 2 nitrogen and oxygen atoms in total. The van der Waals surface area contributed by atoms with Crippen molar-refractivity contribution in [3.63, 3.8) is 0 Å². The van der Waals surface area contributed by atoms with Gasteiger partial charge in [0.2, 0.25) is 6.84 Å². The summed E-state index contributed by atoms with van der Waals surface area (Å²) < 4.78 is 12.7. The summed E-state index contributed by atoms with van der Waals surface area (Å²) in [6, 6.07) is 2.02. The Hall–Kier alpha value is 1.70. The number of hydrogen-bond acceptors (Lipinski definition) is 2. The molecule has 0 amide bonds. The standard InChI is InChI=1S/C15H18Br6O2/c1-4-7-9-8-10(22-14(18,19)5-2)13(12(17)11(9)16)23-15(20,21)6-3/h8H,4-7H2,1-3H3. The molecule has 8 heteroatoms. The fourth-order valence-corrected chi connectivity index (χ4v) is 3.41. The lowest BCUT2D eigenvalue weighted by atomic mass is 10.1. The average Bonchev–Trinajstić information content (AvgIpc) is 2.48. The van der Waals surface area contributed by atoms with Crippen molar-refractivity contribution in [3.05, 3.63) is 20.6 Å². The van der Waals surface area contributed by atoms with Crippen molar-refractivity contribution in [2.75, 3.05) is 0 Å². The maximum Gasteiger partial charge on any atom is 0.217 e. The summed E-state index contributed by atoms with van der Waals surface area (Å²) in [5, 5.41) is 0. The third kappa shape index (κ3) is 6.74. The van der Waals surface area contributed by atoms with Gasteiger partial charge in [0.1, 0.15) is 0 Å². The predicted octanol–water partition coefficient (Wildman–Crippen LogP) is 8.63. The van der Waals surface area contributed by atoms with Crippen LogP contribution in [0, 0.1) is 0 Å². The van der Waals surface area contributed by atoms with Crippen LogP contribution in [0.4, 0.5) is 0 Å². The SMILES string of the molecule is CCCc1cc(OC(Br)(Br)CC)c(OC(Br)(Br)CC)c(Br)c1Br. The summed E-state index contributed by atoms with van der Waals surface area (Å²) in [5.41, 5.74) is 1.17. The zero-order chi connectivity index (χ0) is 17.8. The summed E-state index contributed by atoms with van der Waals surface area (Å²) in [6.07, 6.45) is 3.46. The molecule has 0 fully saturated rings. The van der Waals surface area contributed by atoms with E-state index in [1.807, 2.05) is 19.9 Å². The molecule has 0 bridgehead atoms. The Kier molecular flexibility index (Phi) is 9.47. The Morgan fingerprint density at radius 1 is 0.870 bits per heavy atom. The van der Waals surface area contributed by atoms with Crippen molar-refractivity contribution in [3.8, 4) is 11.5 Å². The quantitative estimate of drug-likeness (QED) is 0.252. The van der Waals surface area contributed by atoms with E-state index in [4.69, 9.17) is 9.47 Å². The number of aryl methyl sites for hydroxylation is 1. The normalized spacial score (nSPS) is 12.4. The first-order valence-corrected chi connectivity index (χ1v) is 12.0. The number of rotatable bonds is 8. The van der Waals surface area contributed by atoms with E-state index in [1.165, 1.54) is 5.56 Å². The minimum absolute atomic E-state index is 0.629. The van der Waals surface area contributed by atoms with Crippen molar-refractivity contribution in [2.45, 2.75) is 53.3 Å². The van der Waals surface area contributed by atoms with Crippen LogP contribution in [0.1, 0.15) is 45.6 Å². The number of ether oxygens (including phenoxy) is 2. The molecule has 0 radical (unpaired) electrons. The molecular formula is C15H18Br6O2. The summed E-state index contributed by atoms with van der Waals surface area (Å²) in [5.74, 6) is 1.29. The number of halogens is 6. The molecule has 0 spiro atoms. The van der Waals surface area contributed by atoms with E-state index in [0.717, 1.165) is 34.6 Å². The summed E-state index contributed by atoms with van der Waals surface area (Å²) >= 11 is 21.5. The maximum absolute atomic E-state index is 6.11. The molecule has 0 aliphatic heterocycles. The fourth-order valence-electron chi connectivity index (χ4n) is 1.71. The highest BCUT2D eigenvalue weighted by Crippen LogP contribution is 2.49. The Morgan fingerprint density at radius 3 is 1.87 bits per heavy atom. The van der Waals surface area contributed by atoms with Gasteiger partial charge in [0.05, 0.1) is 4.47 Å². The lowest BCUT2D eigenvalue weighted by Crippen LogP contribution is -2.23. The van der Waals surface area contributed by atoms with Crippen molar-refractivity contribution in [1.29, 1.82) is 0 Å². The molecule has 0 atom stereocenters. The topological polar surface area (TPSA) is 18.5 Å². The van der Waals surface area contributed by atoms with Crippen molar-refractivity contribution < 1.29 is 9.47 Å². The lowest BCUT2D eigenvalue weighted by Gasteiger charge is -2.28. The third-order valence-electron chi connectivity index (χ3n) is 3.06. The van der Waals surface area contributed by atoms with Gasteiger partial charge in [0.15, 0.2) is 11.5 Å². The van der Waals surface area contributed by atoms with E-state index >= 15 is 0 Å². The molecule has 0 saturated carbocycles. The zero-order valence-electron chi connectivity index (χ0n) is 13.0. The Labute approximate surface area is 188 Å². The molecule has 0 heterocycles. The smallest absolute Gasteiger partial charge is 0.217 e. The minimum Gasteiger partial charge on any atom is -0.462 e. The van der Waals surface area contributed by atoms with Crippen molar-refractivity contribution >= 4 is 95.6 Å². The van der Waals surface area contributed by atoms with Crippen LogP contribution in [0.5, 0.6) is 11.5 Å². The second-order valence-electron chi connectivity index (χ2n) is 4.93. The minimum atomic E-state index is -0.653. The third-order valence-corrected chi connectivity index (χ3v) is 8.14. The molecular weight excluding hydrogens is 692 g/mol. The fraction of sp³-hybridized carbons (Fsp3) is 0.600. The Bertz CT molecular complexity index is 545. The van der Waals surface area contributed by atoms with Gasteiger partial charge in [0.25, 0.3) is 0 Å². The van der Waals surface area contributed by atoms with Gasteiger partial charge in [0, 0.05) is 17.3 Å². The average molecular weight is 710 g/mol. The van der Waals surface area contributed by atoms with E-state index in [0.29, 0.717) is 11.5 Å². The molecule has 0 aliphatic carbocycles. The molecule has 0 unspecified atom stereocenters. The van der Waals surface area contributed by atoms with Gasteiger partial charge >= 0.3 is 0 Å². The molecule has 0 N–H and O–H groups in total. The predicted molar refractivity (Wildman–Crippen MR) is 119 cm³/mol. The molecule has 23 heavy (non-hydrogen) atoms. The van der Waals surface area contributed by atoms with E-state index in [9.17, 15) is 0 Å². The van der Waals surface area contributed by atoms with Crippen LogP contribution in [0.25, 0.3) is 0 Å². The largest absolute Gasteiger partial charge is 0.462 e. The lowest BCUT2D eigenvalue weighted by molar-refractivity contribution is 0.219. The summed E-state index contributed by atoms with van der Waals surface area (Å²) in [4.78, 5) is 0. The van der Waals surface area contributed by atoms with Crippen LogP contribution < -0.4 is 9.47 Å². The van der Waals surface area contributed by atoms with Gasteiger partial charge in [-0.25, -0.2) is 0 Å². The highest BCUT2D eigenvalue weighted by molar-refractivity contribution is 9.25. The van der Waals surface area contributed by atoms with Crippen LogP contribution in [-0.4, -0.2) is 6.84 Å². The van der Waals surface area contributed by atoms with Gasteiger partial charge in [-0.05, 0) is 114 Å². The highest BCUT2D eigenvalue weighted by Gasteiger charge is 2.30. The van der Waals surface area contributed by atoms with Crippen LogP contribution in [0.3, 0.4) is 0 Å². The van der Waals surface area contributed by atoms with Crippen LogP contribution in [0.2, 0.25) is 0 Å². The summed E-state index contributed by atoms with van der Waals surface area (Å²) in [7, 11) is 0. The Balaban J connectivity index is 3.42. The van der Waals surface area contributed by atoms with Gasteiger partial charge in [-0.2, -0.15) is 0 Å². The van der Waals surface area contributed by atoms with Crippen LogP contribution in [-0.2, 0) is 6.42 Å². The molecule has 132 valence electrons. The Morgan fingerprint density at radius 2 is 1.39 bits per heavy atom. The first-order chi connectivity index (χ1) is 10.6. The van der Waals surface area contributed by atoms with Gasteiger partial charge in [-0.3, -0.25) is 0 Å². The highest BCUT2D eigenvalue weighted by atomic mass is 79.9. The zero-order valence-corrected chi connectivity index (χ0v) is 22.5. The number of alkyl halides is 4.